The molecule has 0 radical (unpaired) electrons. The summed E-state index contributed by atoms with van der Waals surface area (Å²) in [6.07, 6.45) is -0.805. The standard InChI is InChI=1S/C10H9F3N4O2S/c11-10(12,13)8-4-1-2-5-9(8)16-20(18,19)17-14-6-3-7-15-17/h1-7,14,16H. The third kappa shape index (κ3) is 3.02. The van der Waals surface area contributed by atoms with Crippen LogP contribution in [0.2, 0.25) is 0 Å². The second-order valence-corrected chi connectivity index (χ2v) is 5.15. The molecule has 0 saturated heterocycles. The van der Waals surface area contributed by atoms with Crippen molar-refractivity contribution in [3.05, 3.63) is 42.1 Å². The van der Waals surface area contributed by atoms with Crippen LogP contribution in [0.1, 0.15) is 5.56 Å². The van der Waals surface area contributed by atoms with E-state index in [9.17, 15) is 21.6 Å². The molecular formula is C10H9F3N4O2S. The van der Waals surface area contributed by atoms with E-state index in [-0.39, 0.29) is 0 Å². The van der Waals surface area contributed by atoms with E-state index in [1.165, 1.54) is 30.6 Å². The third-order valence-corrected chi connectivity index (χ3v) is 3.37. The van der Waals surface area contributed by atoms with Gasteiger partial charge in [-0.1, -0.05) is 16.7 Å². The Labute approximate surface area is 112 Å². The molecule has 1 aliphatic rings. The Morgan fingerprint density at radius 2 is 1.95 bits per heavy atom. The molecule has 20 heavy (non-hydrogen) atoms. The van der Waals surface area contributed by atoms with Gasteiger partial charge in [0.2, 0.25) is 0 Å². The minimum atomic E-state index is -4.67. The minimum absolute atomic E-state index is 0.417. The number of alkyl halides is 3. The first kappa shape index (κ1) is 14.2. The molecule has 10 heteroatoms. The molecule has 0 saturated carbocycles. The zero-order chi connectivity index (χ0) is 14.8. The molecule has 0 atom stereocenters. The van der Waals surface area contributed by atoms with Crippen molar-refractivity contribution in [2.24, 2.45) is 5.10 Å². The molecule has 0 aromatic heterocycles. The molecule has 2 rings (SSSR count). The first-order valence-corrected chi connectivity index (χ1v) is 6.69. The van der Waals surface area contributed by atoms with Gasteiger partial charge in [0, 0.05) is 6.20 Å². The van der Waals surface area contributed by atoms with E-state index >= 15 is 0 Å². The third-order valence-electron chi connectivity index (χ3n) is 2.24. The lowest BCUT2D eigenvalue weighted by Gasteiger charge is -2.21. The SMILES string of the molecule is O=S(=O)(Nc1ccccc1C(F)(F)F)N1N=CC=CN1. The molecule has 6 nitrogen and oxygen atoms in total. The van der Waals surface area contributed by atoms with Gasteiger partial charge in [-0.2, -0.15) is 21.6 Å². The zero-order valence-corrected chi connectivity index (χ0v) is 10.6. The number of halogens is 3. The van der Waals surface area contributed by atoms with E-state index in [0.29, 0.717) is 4.52 Å². The normalized spacial score (nSPS) is 15.1. The predicted octanol–water partition coefficient (Wildman–Crippen LogP) is 1.68. The molecule has 1 heterocycles. The Hall–Kier alpha value is -2.23. The van der Waals surface area contributed by atoms with Crippen LogP contribution in [0.15, 0.2) is 41.6 Å². The van der Waals surface area contributed by atoms with Crippen molar-refractivity contribution in [2.75, 3.05) is 4.72 Å². The molecule has 0 amide bonds. The van der Waals surface area contributed by atoms with Crippen molar-refractivity contribution in [1.29, 1.82) is 0 Å². The van der Waals surface area contributed by atoms with E-state index in [1.807, 2.05) is 4.72 Å². The second kappa shape index (κ2) is 5.04. The van der Waals surface area contributed by atoms with Crippen molar-refractivity contribution in [3.8, 4) is 0 Å². The number of nitrogens with one attached hydrogen (secondary N) is 2. The average molecular weight is 306 g/mol. The van der Waals surface area contributed by atoms with Crippen LogP contribution in [0.3, 0.4) is 0 Å². The summed E-state index contributed by atoms with van der Waals surface area (Å²) < 4.78 is 64.3. The first-order valence-electron chi connectivity index (χ1n) is 5.25. The molecule has 0 unspecified atom stereocenters. The number of benzene rings is 1. The quantitative estimate of drug-likeness (QED) is 0.892. The molecule has 1 aromatic rings. The van der Waals surface area contributed by atoms with Crippen molar-refractivity contribution < 1.29 is 21.6 Å². The van der Waals surface area contributed by atoms with Crippen LogP contribution < -0.4 is 10.1 Å². The lowest BCUT2D eigenvalue weighted by molar-refractivity contribution is -0.136. The summed E-state index contributed by atoms with van der Waals surface area (Å²) in [5, 5.41) is 3.47. The fourth-order valence-electron chi connectivity index (χ4n) is 1.42. The summed E-state index contributed by atoms with van der Waals surface area (Å²) in [5.41, 5.74) is 0.600. The van der Waals surface area contributed by atoms with Gasteiger partial charge in [-0.3, -0.25) is 10.1 Å². The Morgan fingerprint density at radius 1 is 1.25 bits per heavy atom. The van der Waals surface area contributed by atoms with E-state index in [4.69, 9.17) is 0 Å². The van der Waals surface area contributed by atoms with Crippen LogP contribution in [0.25, 0.3) is 0 Å². The molecule has 1 aromatic carbocycles. The highest BCUT2D eigenvalue weighted by molar-refractivity contribution is 7.90. The lowest BCUT2D eigenvalue weighted by Crippen LogP contribution is -2.40. The Balaban J connectivity index is 2.31. The number of hydrogen-bond acceptors (Lipinski definition) is 4. The van der Waals surface area contributed by atoms with Gasteiger partial charge in [-0.15, -0.1) is 5.10 Å². The van der Waals surface area contributed by atoms with Crippen LogP contribution in [0.4, 0.5) is 18.9 Å². The number of hydrazine groups is 1. The maximum atomic E-state index is 12.8. The summed E-state index contributed by atoms with van der Waals surface area (Å²) in [4.78, 5) is 0. The van der Waals surface area contributed by atoms with Crippen molar-refractivity contribution in [2.45, 2.75) is 6.18 Å². The van der Waals surface area contributed by atoms with Crippen LogP contribution in [-0.2, 0) is 16.4 Å². The van der Waals surface area contributed by atoms with Crippen LogP contribution in [-0.4, -0.2) is 19.2 Å². The predicted molar refractivity (Wildman–Crippen MR) is 66.6 cm³/mol. The summed E-state index contributed by atoms with van der Waals surface area (Å²) in [5.74, 6) is 0. The van der Waals surface area contributed by atoms with Crippen molar-refractivity contribution >= 4 is 22.1 Å². The van der Waals surface area contributed by atoms with Gasteiger partial charge in [0.05, 0.1) is 17.5 Å². The zero-order valence-electron chi connectivity index (χ0n) is 9.79. The summed E-state index contributed by atoms with van der Waals surface area (Å²) >= 11 is 0. The molecule has 108 valence electrons. The number of para-hydroxylation sites is 1. The van der Waals surface area contributed by atoms with Gasteiger partial charge in [0.1, 0.15) is 0 Å². The number of anilines is 1. The maximum absolute atomic E-state index is 12.8. The van der Waals surface area contributed by atoms with Crippen LogP contribution >= 0.6 is 0 Å². The summed E-state index contributed by atoms with van der Waals surface area (Å²) in [6, 6.07) is 4.26. The molecule has 2 N–H and O–H groups in total. The topological polar surface area (TPSA) is 73.8 Å². The highest BCUT2D eigenvalue weighted by Gasteiger charge is 2.34. The number of nitrogens with zero attached hydrogens (tertiary/aromatic N) is 2. The van der Waals surface area contributed by atoms with Gasteiger partial charge in [-0.05, 0) is 18.2 Å². The van der Waals surface area contributed by atoms with E-state index < -0.39 is 27.6 Å². The van der Waals surface area contributed by atoms with E-state index in [2.05, 4.69) is 10.5 Å². The molecular weight excluding hydrogens is 297 g/mol. The monoisotopic (exact) mass is 306 g/mol. The fraction of sp³-hybridized carbons (Fsp3) is 0.100. The smallest absolute Gasteiger partial charge is 0.274 e. The van der Waals surface area contributed by atoms with Gasteiger partial charge >= 0.3 is 16.4 Å². The summed E-state index contributed by atoms with van der Waals surface area (Å²) in [6.45, 7) is 0. The van der Waals surface area contributed by atoms with Gasteiger partial charge in [0.25, 0.3) is 0 Å². The number of rotatable bonds is 3. The highest BCUT2D eigenvalue weighted by Crippen LogP contribution is 2.35. The van der Waals surface area contributed by atoms with Crippen molar-refractivity contribution in [1.82, 2.24) is 9.95 Å². The Kier molecular flexibility index (Phi) is 3.57. The number of hydrazone groups is 1. The van der Waals surface area contributed by atoms with Crippen LogP contribution in [0.5, 0.6) is 0 Å². The Bertz CT molecular complexity index is 655. The molecule has 1 aliphatic heterocycles. The minimum Gasteiger partial charge on any atom is -0.274 e. The van der Waals surface area contributed by atoms with E-state index in [1.54, 1.807) is 0 Å². The van der Waals surface area contributed by atoms with Gasteiger partial charge in [-0.25, -0.2) is 0 Å². The van der Waals surface area contributed by atoms with Crippen LogP contribution in [0, 0.1) is 0 Å². The lowest BCUT2D eigenvalue weighted by atomic mass is 10.2. The first-order chi connectivity index (χ1) is 9.31. The van der Waals surface area contributed by atoms with Gasteiger partial charge in [0.15, 0.2) is 0 Å². The fourth-order valence-corrected chi connectivity index (χ4v) is 2.34. The second-order valence-electron chi connectivity index (χ2n) is 3.65. The molecule has 0 aliphatic carbocycles. The van der Waals surface area contributed by atoms with E-state index in [0.717, 1.165) is 12.1 Å². The molecule has 0 fully saturated rings. The van der Waals surface area contributed by atoms with Crippen molar-refractivity contribution in [3.63, 3.8) is 0 Å². The Morgan fingerprint density at radius 3 is 2.55 bits per heavy atom. The highest BCUT2D eigenvalue weighted by atomic mass is 32.2. The largest absolute Gasteiger partial charge is 0.418 e. The number of hydrogen-bond donors (Lipinski definition) is 2. The average Bonchev–Trinajstić information content (AvgIpc) is 2.39. The van der Waals surface area contributed by atoms with Gasteiger partial charge < -0.3 is 0 Å². The summed E-state index contributed by atoms with van der Waals surface area (Å²) in [7, 11) is -4.30. The number of allylic oxidation sites excluding steroid dienone is 1. The molecule has 0 spiro atoms. The molecule has 0 bridgehead atoms. The maximum Gasteiger partial charge on any atom is 0.418 e.